The molecule has 0 aromatic carbocycles. The summed E-state index contributed by atoms with van der Waals surface area (Å²) in [5, 5.41) is 2.80. The number of nitrogens with zero attached hydrogens (tertiary/aromatic N) is 3. The highest BCUT2D eigenvalue weighted by Crippen LogP contribution is 2.20. The Morgan fingerprint density at radius 3 is 2.67 bits per heavy atom. The summed E-state index contributed by atoms with van der Waals surface area (Å²) < 4.78 is 14.3. The quantitative estimate of drug-likeness (QED) is 0.352. The summed E-state index contributed by atoms with van der Waals surface area (Å²) in [7, 11) is -1.12. The van der Waals surface area contributed by atoms with Crippen molar-refractivity contribution in [2.45, 2.75) is 78.1 Å². The Kier molecular flexibility index (Phi) is 8.87. The number of hydrogen-bond acceptors (Lipinski definition) is 5. The molecule has 7 nitrogen and oxygen atoms in total. The lowest BCUT2D eigenvalue weighted by atomic mass is 10.2. The molecule has 0 spiro atoms. The van der Waals surface area contributed by atoms with E-state index in [4.69, 9.17) is 14.5 Å². The first kappa shape index (κ1) is 24.8. The van der Waals surface area contributed by atoms with Gasteiger partial charge in [-0.2, -0.15) is 0 Å². The molecule has 30 heavy (non-hydrogen) atoms. The van der Waals surface area contributed by atoms with Gasteiger partial charge in [0.2, 0.25) is 0 Å². The molecule has 9 heteroatoms. The van der Waals surface area contributed by atoms with E-state index < -0.39 is 13.7 Å². The van der Waals surface area contributed by atoms with E-state index in [-0.39, 0.29) is 6.09 Å². The van der Waals surface area contributed by atoms with Crippen LogP contribution in [0, 0.1) is 0 Å². The smallest absolute Gasteiger partial charge is 0.407 e. The molecular weight excluding hydrogens is 464 g/mol. The van der Waals surface area contributed by atoms with Crippen LogP contribution in [0.4, 0.5) is 4.79 Å². The number of imidazole rings is 1. The number of pyridine rings is 1. The minimum absolute atomic E-state index is 0.375. The monoisotopic (exact) mass is 498 g/mol. The molecule has 0 saturated carbocycles. The average Bonchev–Trinajstić information content (AvgIpc) is 2.93. The number of aryl methyl sites for hydroxylation is 1. The number of nitrogens with one attached hydrogen (secondary N) is 1. The van der Waals surface area contributed by atoms with Gasteiger partial charge in [0, 0.05) is 38.3 Å². The summed E-state index contributed by atoms with van der Waals surface area (Å²) >= 11 is 3.50. The minimum atomic E-state index is -1.12. The number of amides is 1. The highest BCUT2D eigenvalue weighted by molar-refractivity contribution is 9.10. The third kappa shape index (κ3) is 8.73. The standard InChI is InChI=1S/C21H35BrN4O3Si/c1-21(2,3)29-20(27)23-10-8-7-9-18-25-19-17(13-16(22)14-24-19)26(18)15-28-11-12-30(4,5)6/h13-14H,7-12,15H2,1-6H3,(H,23,27). The summed E-state index contributed by atoms with van der Waals surface area (Å²) in [5.74, 6) is 0.959. The lowest BCUT2D eigenvalue weighted by molar-refractivity contribution is 0.0527. The largest absolute Gasteiger partial charge is 0.444 e. The van der Waals surface area contributed by atoms with Crippen molar-refractivity contribution in [3.8, 4) is 0 Å². The second kappa shape index (κ2) is 10.7. The lowest BCUT2D eigenvalue weighted by Gasteiger charge is -2.19. The predicted octanol–water partition coefficient (Wildman–Crippen LogP) is 5.35. The summed E-state index contributed by atoms with van der Waals surface area (Å²) in [6, 6.07) is 3.16. The number of carbonyl (C=O) groups excluding carboxylic acids is 1. The zero-order valence-electron chi connectivity index (χ0n) is 19.0. The fourth-order valence-electron chi connectivity index (χ4n) is 2.81. The van der Waals surface area contributed by atoms with Gasteiger partial charge in [-0.15, -0.1) is 0 Å². The van der Waals surface area contributed by atoms with E-state index in [1.165, 1.54) is 0 Å². The van der Waals surface area contributed by atoms with Crippen LogP contribution < -0.4 is 5.32 Å². The maximum absolute atomic E-state index is 11.7. The molecule has 0 aliphatic heterocycles. The van der Waals surface area contributed by atoms with Gasteiger partial charge in [0.1, 0.15) is 18.2 Å². The highest BCUT2D eigenvalue weighted by atomic mass is 79.9. The average molecular weight is 500 g/mol. The maximum atomic E-state index is 11.7. The molecule has 2 aromatic heterocycles. The van der Waals surface area contributed by atoms with E-state index >= 15 is 0 Å². The van der Waals surface area contributed by atoms with Gasteiger partial charge in [0.25, 0.3) is 0 Å². The number of alkyl carbamates (subject to hydrolysis) is 1. The molecule has 0 radical (unpaired) electrons. The van der Waals surface area contributed by atoms with Crippen LogP contribution in [0.5, 0.6) is 0 Å². The molecule has 1 N–H and O–H groups in total. The molecule has 0 fully saturated rings. The molecule has 0 unspecified atom stereocenters. The number of rotatable bonds is 10. The van der Waals surface area contributed by atoms with Crippen LogP contribution in [0.2, 0.25) is 25.7 Å². The summed E-state index contributed by atoms with van der Waals surface area (Å²) in [6.45, 7) is 14.4. The number of fused-ring (bicyclic) bond motifs is 1. The summed E-state index contributed by atoms with van der Waals surface area (Å²) in [4.78, 5) is 20.9. The van der Waals surface area contributed by atoms with E-state index in [1.807, 2.05) is 26.8 Å². The van der Waals surface area contributed by atoms with Gasteiger partial charge in [-0.1, -0.05) is 19.6 Å². The van der Waals surface area contributed by atoms with Crippen LogP contribution in [0.25, 0.3) is 11.2 Å². The van der Waals surface area contributed by atoms with E-state index in [0.717, 1.165) is 53.4 Å². The molecule has 2 heterocycles. The van der Waals surface area contributed by atoms with Crippen molar-refractivity contribution in [1.82, 2.24) is 19.9 Å². The first-order valence-corrected chi connectivity index (χ1v) is 15.0. The Bertz CT molecular complexity index is 843. The van der Waals surface area contributed by atoms with Crippen LogP contribution in [0.15, 0.2) is 16.7 Å². The predicted molar refractivity (Wildman–Crippen MR) is 127 cm³/mol. The maximum Gasteiger partial charge on any atom is 0.407 e. The van der Waals surface area contributed by atoms with Crippen molar-refractivity contribution in [3.63, 3.8) is 0 Å². The SMILES string of the molecule is CC(C)(C)OC(=O)NCCCCc1nc2ncc(Br)cc2n1COCC[Si](C)(C)C. The topological polar surface area (TPSA) is 78.3 Å². The summed E-state index contributed by atoms with van der Waals surface area (Å²) in [5.41, 5.74) is 1.22. The fourth-order valence-corrected chi connectivity index (χ4v) is 3.89. The van der Waals surface area contributed by atoms with Gasteiger partial charge in [0.05, 0.1) is 5.52 Å². The van der Waals surface area contributed by atoms with Crippen LogP contribution in [-0.4, -0.2) is 47.5 Å². The van der Waals surface area contributed by atoms with Gasteiger partial charge in [-0.05, 0) is 61.7 Å². The van der Waals surface area contributed by atoms with Gasteiger partial charge in [0.15, 0.2) is 5.65 Å². The van der Waals surface area contributed by atoms with E-state index in [0.29, 0.717) is 13.3 Å². The van der Waals surface area contributed by atoms with E-state index in [2.05, 4.69) is 50.4 Å². The Hall–Kier alpha value is -1.45. The molecule has 0 aliphatic carbocycles. The lowest BCUT2D eigenvalue weighted by Crippen LogP contribution is -2.33. The number of aromatic nitrogens is 3. The third-order valence-corrected chi connectivity index (χ3v) is 6.50. The van der Waals surface area contributed by atoms with E-state index in [9.17, 15) is 4.79 Å². The van der Waals surface area contributed by atoms with Crippen LogP contribution in [-0.2, 0) is 22.6 Å². The molecule has 1 amide bonds. The Labute approximate surface area is 189 Å². The Balaban J connectivity index is 1.92. The van der Waals surface area contributed by atoms with Gasteiger partial charge in [-0.3, -0.25) is 0 Å². The van der Waals surface area contributed by atoms with Crippen molar-refractivity contribution in [2.75, 3.05) is 13.2 Å². The molecule has 0 aliphatic rings. The van der Waals surface area contributed by atoms with E-state index in [1.54, 1.807) is 6.20 Å². The van der Waals surface area contributed by atoms with Crippen molar-refractivity contribution in [3.05, 3.63) is 22.6 Å². The number of hydrogen-bond donors (Lipinski definition) is 1. The molecule has 0 atom stereocenters. The van der Waals surface area contributed by atoms with Gasteiger partial charge >= 0.3 is 6.09 Å². The first-order chi connectivity index (χ1) is 13.9. The molecule has 2 rings (SSSR count). The molecule has 0 saturated heterocycles. The number of ether oxygens (including phenoxy) is 2. The normalized spacial score (nSPS) is 12.4. The number of carbonyl (C=O) groups is 1. The number of unbranched alkanes of at least 4 members (excludes halogenated alkanes) is 1. The van der Waals surface area contributed by atoms with Crippen molar-refractivity contribution >= 4 is 41.3 Å². The van der Waals surface area contributed by atoms with Crippen LogP contribution >= 0.6 is 15.9 Å². The first-order valence-electron chi connectivity index (χ1n) is 10.5. The van der Waals surface area contributed by atoms with Crippen LogP contribution in [0.1, 0.15) is 39.4 Å². The third-order valence-electron chi connectivity index (χ3n) is 4.36. The summed E-state index contributed by atoms with van der Waals surface area (Å²) in [6.07, 6.45) is 3.92. The van der Waals surface area contributed by atoms with Gasteiger partial charge in [-0.25, -0.2) is 14.8 Å². The number of halogens is 1. The van der Waals surface area contributed by atoms with Crippen molar-refractivity contribution < 1.29 is 14.3 Å². The van der Waals surface area contributed by atoms with Crippen molar-refractivity contribution in [1.29, 1.82) is 0 Å². The van der Waals surface area contributed by atoms with Gasteiger partial charge < -0.3 is 19.4 Å². The zero-order valence-corrected chi connectivity index (χ0v) is 21.6. The second-order valence-corrected chi connectivity index (χ2v) is 16.2. The second-order valence-electron chi connectivity index (χ2n) is 9.69. The molecule has 168 valence electrons. The minimum Gasteiger partial charge on any atom is -0.444 e. The molecule has 0 bridgehead atoms. The Morgan fingerprint density at radius 2 is 2.00 bits per heavy atom. The molecule has 2 aromatic rings. The fraction of sp³-hybridized carbons (Fsp3) is 0.667. The van der Waals surface area contributed by atoms with Crippen molar-refractivity contribution in [2.24, 2.45) is 0 Å². The zero-order chi connectivity index (χ0) is 22.4. The highest BCUT2D eigenvalue weighted by Gasteiger charge is 2.16. The Morgan fingerprint density at radius 1 is 1.27 bits per heavy atom. The van der Waals surface area contributed by atoms with Crippen LogP contribution in [0.3, 0.4) is 0 Å². The molecular formula is C21H35BrN4O3Si.